The van der Waals surface area contributed by atoms with E-state index >= 15 is 0 Å². The molecule has 0 saturated carbocycles. The summed E-state index contributed by atoms with van der Waals surface area (Å²) in [4.78, 5) is 5.97. The summed E-state index contributed by atoms with van der Waals surface area (Å²) in [7, 11) is 4.80. The predicted molar refractivity (Wildman–Crippen MR) is 134 cm³/mol. The summed E-state index contributed by atoms with van der Waals surface area (Å²) in [6.07, 6.45) is 2.46. The molecule has 0 aliphatic carbocycles. The van der Waals surface area contributed by atoms with Gasteiger partial charge in [0, 0.05) is 17.8 Å². The van der Waals surface area contributed by atoms with Crippen molar-refractivity contribution in [3.63, 3.8) is 0 Å². The highest BCUT2D eigenvalue weighted by molar-refractivity contribution is 14.0. The summed E-state index contributed by atoms with van der Waals surface area (Å²) in [5.74, 6) is 3.45. The van der Waals surface area contributed by atoms with Gasteiger partial charge in [-0.1, -0.05) is 6.07 Å². The number of thiophene rings is 1. The van der Waals surface area contributed by atoms with E-state index < -0.39 is 0 Å². The van der Waals surface area contributed by atoms with Gasteiger partial charge >= 0.3 is 0 Å². The molecular weight excluding hydrogens is 529 g/mol. The Morgan fingerprint density at radius 1 is 1.03 bits per heavy atom. The summed E-state index contributed by atoms with van der Waals surface area (Å²) < 4.78 is 21.7. The van der Waals surface area contributed by atoms with E-state index in [1.165, 1.54) is 4.88 Å². The van der Waals surface area contributed by atoms with Crippen LogP contribution in [-0.4, -0.2) is 33.8 Å². The number of furan rings is 1. The van der Waals surface area contributed by atoms with E-state index in [2.05, 4.69) is 22.1 Å². The molecule has 2 heterocycles. The highest BCUT2D eigenvalue weighted by Crippen LogP contribution is 2.38. The molecule has 9 heteroatoms. The van der Waals surface area contributed by atoms with Crippen molar-refractivity contribution in [2.75, 3.05) is 27.9 Å². The SMILES string of the molecule is COc1cc(CN=C(NCCc2ccco2)NCc2cccs2)cc(OC)c1OC.I. The van der Waals surface area contributed by atoms with Gasteiger partial charge in [0.25, 0.3) is 0 Å². The van der Waals surface area contributed by atoms with Crippen molar-refractivity contribution < 1.29 is 18.6 Å². The van der Waals surface area contributed by atoms with Crippen LogP contribution in [0.5, 0.6) is 17.2 Å². The first kappa shape index (κ1) is 24.9. The van der Waals surface area contributed by atoms with E-state index in [1.807, 2.05) is 30.3 Å². The summed E-state index contributed by atoms with van der Waals surface area (Å²) in [5.41, 5.74) is 0.952. The molecule has 0 aliphatic heterocycles. The van der Waals surface area contributed by atoms with Gasteiger partial charge in [-0.05, 0) is 41.3 Å². The number of rotatable bonds is 10. The zero-order valence-electron chi connectivity index (χ0n) is 17.8. The molecular formula is C22H28IN3O4S. The van der Waals surface area contributed by atoms with E-state index in [-0.39, 0.29) is 24.0 Å². The zero-order valence-corrected chi connectivity index (χ0v) is 21.0. The maximum Gasteiger partial charge on any atom is 0.203 e. The van der Waals surface area contributed by atoms with Crippen LogP contribution in [0.2, 0.25) is 0 Å². The van der Waals surface area contributed by atoms with E-state index in [4.69, 9.17) is 23.6 Å². The van der Waals surface area contributed by atoms with Gasteiger partial charge in [0.2, 0.25) is 5.75 Å². The van der Waals surface area contributed by atoms with E-state index in [0.717, 1.165) is 23.7 Å². The number of methoxy groups -OCH3 is 3. The van der Waals surface area contributed by atoms with Crippen LogP contribution < -0.4 is 24.8 Å². The minimum absolute atomic E-state index is 0. The third-order valence-corrected chi connectivity index (χ3v) is 5.27. The Morgan fingerprint density at radius 3 is 2.39 bits per heavy atom. The smallest absolute Gasteiger partial charge is 0.203 e. The Labute approximate surface area is 203 Å². The molecule has 2 N–H and O–H groups in total. The predicted octanol–water partition coefficient (Wildman–Crippen LogP) is 4.46. The number of halogens is 1. The van der Waals surface area contributed by atoms with Gasteiger partial charge in [-0.25, -0.2) is 4.99 Å². The van der Waals surface area contributed by atoms with Gasteiger partial charge in [0.1, 0.15) is 5.76 Å². The topological polar surface area (TPSA) is 77.2 Å². The first-order chi connectivity index (χ1) is 14.7. The third-order valence-electron chi connectivity index (χ3n) is 4.40. The van der Waals surface area contributed by atoms with Crippen LogP contribution in [0.3, 0.4) is 0 Å². The van der Waals surface area contributed by atoms with Crippen molar-refractivity contribution in [3.8, 4) is 17.2 Å². The fourth-order valence-corrected chi connectivity index (χ4v) is 3.56. The molecule has 0 aliphatic rings. The fourth-order valence-electron chi connectivity index (χ4n) is 2.91. The van der Waals surface area contributed by atoms with E-state index in [9.17, 15) is 0 Å². The molecule has 3 rings (SSSR count). The van der Waals surface area contributed by atoms with Crippen molar-refractivity contribution in [1.82, 2.24) is 10.6 Å². The Kier molecular flexibility index (Phi) is 10.5. The molecule has 2 aromatic heterocycles. The standard InChI is InChI=1S/C22H27N3O4S.HI/c1-26-19-12-16(13-20(27-2)21(19)28-3)14-24-22(25-15-18-7-5-11-30-18)23-9-8-17-6-4-10-29-17;/h4-7,10-13H,8-9,14-15H2,1-3H3,(H2,23,24,25);1H. The molecule has 0 spiro atoms. The number of guanidine groups is 1. The van der Waals surface area contributed by atoms with Crippen LogP contribution in [-0.2, 0) is 19.5 Å². The maximum absolute atomic E-state index is 5.44. The maximum atomic E-state index is 5.44. The second-order valence-corrected chi connectivity index (χ2v) is 7.42. The van der Waals surface area contributed by atoms with Gasteiger partial charge in [-0.15, -0.1) is 35.3 Å². The van der Waals surface area contributed by atoms with Gasteiger partial charge < -0.3 is 29.3 Å². The molecule has 0 atom stereocenters. The van der Waals surface area contributed by atoms with Crippen molar-refractivity contribution in [1.29, 1.82) is 0 Å². The van der Waals surface area contributed by atoms with Crippen LogP contribution >= 0.6 is 35.3 Å². The Bertz CT molecular complexity index is 905. The fraction of sp³-hybridized carbons (Fsp3) is 0.318. The number of nitrogens with zero attached hydrogens (tertiary/aromatic N) is 1. The van der Waals surface area contributed by atoms with Gasteiger partial charge in [-0.2, -0.15) is 0 Å². The molecule has 0 fully saturated rings. The average Bonchev–Trinajstić information content (AvgIpc) is 3.48. The van der Waals surface area contributed by atoms with Crippen LogP contribution in [0.25, 0.3) is 0 Å². The van der Waals surface area contributed by atoms with Crippen molar-refractivity contribution in [2.45, 2.75) is 19.5 Å². The lowest BCUT2D eigenvalue weighted by atomic mass is 10.2. The molecule has 0 bridgehead atoms. The second-order valence-electron chi connectivity index (χ2n) is 6.39. The number of hydrogen-bond acceptors (Lipinski definition) is 6. The number of hydrogen-bond donors (Lipinski definition) is 2. The zero-order chi connectivity index (χ0) is 21.2. The molecule has 0 saturated heterocycles. The number of benzene rings is 1. The Balaban J connectivity index is 0.00000341. The lowest BCUT2D eigenvalue weighted by Gasteiger charge is -2.14. The Morgan fingerprint density at radius 2 is 1.81 bits per heavy atom. The van der Waals surface area contributed by atoms with Crippen molar-refractivity contribution in [3.05, 3.63) is 64.2 Å². The molecule has 0 amide bonds. The van der Waals surface area contributed by atoms with Gasteiger partial charge in [0.15, 0.2) is 17.5 Å². The Hall–Kier alpha value is -2.40. The molecule has 1 aromatic carbocycles. The highest BCUT2D eigenvalue weighted by atomic mass is 127. The molecule has 3 aromatic rings. The first-order valence-corrected chi connectivity index (χ1v) is 10.5. The molecule has 7 nitrogen and oxygen atoms in total. The van der Waals surface area contributed by atoms with Crippen LogP contribution in [0.1, 0.15) is 16.2 Å². The number of ether oxygens (including phenoxy) is 3. The summed E-state index contributed by atoms with van der Waals surface area (Å²) in [6, 6.07) is 11.8. The first-order valence-electron chi connectivity index (χ1n) is 9.59. The van der Waals surface area contributed by atoms with Crippen LogP contribution in [0, 0.1) is 0 Å². The van der Waals surface area contributed by atoms with Crippen molar-refractivity contribution >= 4 is 41.3 Å². The second kappa shape index (κ2) is 13.1. The molecule has 31 heavy (non-hydrogen) atoms. The van der Waals surface area contributed by atoms with Gasteiger partial charge in [-0.3, -0.25) is 0 Å². The lowest BCUT2D eigenvalue weighted by molar-refractivity contribution is 0.324. The summed E-state index contributed by atoms with van der Waals surface area (Å²) >= 11 is 1.71. The average molecular weight is 557 g/mol. The summed E-state index contributed by atoms with van der Waals surface area (Å²) in [6.45, 7) is 1.87. The van der Waals surface area contributed by atoms with Crippen molar-refractivity contribution in [2.24, 2.45) is 4.99 Å². The molecule has 0 unspecified atom stereocenters. The number of nitrogens with one attached hydrogen (secondary N) is 2. The van der Waals surface area contributed by atoms with Crippen LogP contribution in [0.15, 0.2) is 57.5 Å². The van der Waals surface area contributed by atoms with Crippen LogP contribution in [0.4, 0.5) is 0 Å². The molecule has 0 radical (unpaired) electrons. The quantitative estimate of drug-likeness (QED) is 0.218. The normalized spacial score (nSPS) is 10.9. The minimum atomic E-state index is 0. The highest BCUT2D eigenvalue weighted by Gasteiger charge is 2.13. The minimum Gasteiger partial charge on any atom is -0.493 e. The monoisotopic (exact) mass is 557 g/mol. The molecule has 168 valence electrons. The van der Waals surface area contributed by atoms with E-state index in [0.29, 0.717) is 36.9 Å². The van der Waals surface area contributed by atoms with Gasteiger partial charge in [0.05, 0.1) is 40.7 Å². The lowest BCUT2D eigenvalue weighted by Crippen LogP contribution is -2.38. The largest absolute Gasteiger partial charge is 0.493 e. The van der Waals surface area contributed by atoms with E-state index in [1.54, 1.807) is 38.9 Å². The third kappa shape index (κ3) is 7.35. The number of aliphatic imine (C=N–C) groups is 1. The summed E-state index contributed by atoms with van der Waals surface area (Å²) in [5, 5.41) is 8.81.